The highest BCUT2D eigenvalue weighted by Crippen LogP contribution is 2.34. The van der Waals surface area contributed by atoms with Crippen molar-refractivity contribution in [1.29, 1.82) is 0 Å². The van der Waals surface area contributed by atoms with Gasteiger partial charge in [-0.2, -0.15) is 0 Å². The summed E-state index contributed by atoms with van der Waals surface area (Å²) >= 11 is 0. The van der Waals surface area contributed by atoms with Gasteiger partial charge < -0.3 is 20.1 Å². The Kier molecular flexibility index (Phi) is 5.88. The lowest BCUT2D eigenvalue weighted by Crippen LogP contribution is -2.52. The molecule has 2 aliphatic heterocycles. The topological polar surface area (TPSA) is 83.4 Å². The molecular weight excluding hydrogens is 380 g/mol. The van der Waals surface area contributed by atoms with Gasteiger partial charge in [0.2, 0.25) is 5.91 Å². The average molecular weight is 409 g/mol. The van der Waals surface area contributed by atoms with E-state index in [0.717, 1.165) is 24.2 Å². The molecule has 1 fully saturated rings. The van der Waals surface area contributed by atoms with E-state index < -0.39 is 0 Å². The van der Waals surface area contributed by atoms with Crippen LogP contribution in [-0.4, -0.2) is 41.0 Å². The van der Waals surface area contributed by atoms with Crippen LogP contribution in [-0.2, 0) is 17.8 Å². The summed E-state index contributed by atoms with van der Waals surface area (Å²) in [6, 6.07) is 13.0. The molecule has 0 spiro atoms. The number of carbonyl (C=O) groups is 2. The Morgan fingerprint density at radius 1 is 1.07 bits per heavy atom. The number of benzene rings is 1. The van der Waals surface area contributed by atoms with Gasteiger partial charge in [-0.05, 0) is 42.5 Å². The number of piperidine rings is 1. The number of nitrogens with zero attached hydrogens (tertiary/aromatic N) is 2. The van der Waals surface area contributed by atoms with Crippen LogP contribution in [0.15, 0.2) is 47.3 Å². The summed E-state index contributed by atoms with van der Waals surface area (Å²) in [6.07, 6.45) is 2.19. The van der Waals surface area contributed by atoms with E-state index in [1.54, 1.807) is 12.1 Å². The zero-order valence-electron chi connectivity index (χ0n) is 17.3. The molecule has 2 aromatic rings. The molecule has 1 saturated heterocycles. The van der Waals surface area contributed by atoms with Crippen LogP contribution in [0.5, 0.6) is 0 Å². The first-order valence-corrected chi connectivity index (χ1v) is 10.6. The van der Waals surface area contributed by atoms with Gasteiger partial charge in [0.1, 0.15) is 0 Å². The smallest absolute Gasteiger partial charge is 0.317 e. The van der Waals surface area contributed by atoms with Gasteiger partial charge in [0.15, 0.2) is 0 Å². The molecule has 3 amide bonds. The number of anilines is 1. The highest BCUT2D eigenvalue weighted by atomic mass is 16.2. The molecule has 158 valence electrons. The number of amides is 3. The zero-order chi connectivity index (χ0) is 21.1. The van der Waals surface area contributed by atoms with Gasteiger partial charge in [0.25, 0.3) is 5.56 Å². The van der Waals surface area contributed by atoms with E-state index in [2.05, 4.69) is 17.6 Å². The Bertz CT molecular complexity index is 983. The van der Waals surface area contributed by atoms with E-state index >= 15 is 0 Å². The first kappa shape index (κ1) is 20.2. The Hall–Kier alpha value is -3.09. The lowest BCUT2D eigenvalue weighted by atomic mass is 9.83. The van der Waals surface area contributed by atoms with Crippen molar-refractivity contribution in [2.45, 2.75) is 38.6 Å². The van der Waals surface area contributed by atoms with Crippen LogP contribution in [0, 0.1) is 5.92 Å². The summed E-state index contributed by atoms with van der Waals surface area (Å²) in [5, 5.41) is 5.73. The Balaban J connectivity index is 1.27. The standard InChI is InChI=1S/C23H28N4O3/c1-2-16-6-8-19(9-7-16)25-21(28)10-11-24-23(30)26-13-17-12-18(15-26)20-4-3-5-22(29)27(20)14-17/h3-9,17-18H,2,10-15H2,1H3,(H,24,30)(H,25,28)/t17-,18-/m1/s1. The minimum atomic E-state index is -0.142. The average Bonchev–Trinajstić information content (AvgIpc) is 2.75. The van der Waals surface area contributed by atoms with Crippen LogP contribution in [0.25, 0.3) is 0 Å². The number of fused-ring (bicyclic) bond motifs is 4. The minimum Gasteiger partial charge on any atom is -0.337 e. The third kappa shape index (κ3) is 4.40. The van der Waals surface area contributed by atoms with E-state index in [4.69, 9.17) is 0 Å². The number of rotatable bonds is 5. The van der Waals surface area contributed by atoms with Gasteiger partial charge in [0, 0.05) is 56.0 Å². The summed E-state index contributed by atoms with van der Waals surface area (Å²) in [5.74, 6) is 0.353. The minimum absolute atomic E-state index is 0.0375. The number of likely N-dealkylation sites (tertiary alicyclic amines) is 1. The molecule has 7 nitrogen and oxygen atoms in total. The molecule has 3 heterocycles. The number of hydrogen-bond acceptors (Lipinski definition) is 3. The Labute approximate surface area is 176 Å². The van der Waals surface area contributed by atoms with Crippen molar-refractivity contribution in [3.05, 3.63) is 64.1 Å². The van der Waals surface area contributed by atoms with Crippen molar-refractivity contribution >= 4 is 17.6 Å². The van der Waals surface area contributed by atoms with E-state index in [1.807, 2.05) is 39.8 Å². The van der Waals surface area contributed by atoms with Crippen LogP contribution >= 0.6 is 0 Å². The zero-order valence-corrected chi connectivity index (χ0v) is 17.3. The lowest BCUT2D eigenvalue weighted by Gasteiger charge is -2.42. The quantitative estimate of drug-likeness (QED) is 0.798. The van der Waals surface area contributed by atoms with Crippen molar-refractivity contribution in [3.8, 4) is 0 Å². The van der Waals surface area contributed by atoms with Gasteiger partial charge in [0.05, 0.1) is 0 Å². The van der Waals surface area contributed by atoms with Crippen LogP contribution in [0.3, 0.4) is 0 Å². The number of aryl methyl sites for hydroxylation is 1. The first-order chi connectivity index (χ1) is 14.5. The summed E-state index contributed by atoms with van der Waals surface area (Å²) in [4.78, 5) is 38.7. The number of urea groups is 1. The SMILES string of the molecule is CCc1ccc(NC(=O)CCNC(=O)N2C[C@H]3C[C@H](C2)c2cccc(=O)n2C3)cc1. The lowest BCUT2D eigenvalue weighted by molar-refractivity contribution is -0.116. The summed E-state index contributed by atoms with van der Waals surface area (Å²) in [7, 11) is 0. The molecule has 0 radical (unpaired) electrons. The summed E-state index contributed by atoms with van der Waals surface area (Å²) in [6.45, 7) is 4.28. The largest absolute Gasteiger partial charge is 0.337 e. The molecular formula is C23H28N4O3. The van der Waals surface area contributed by atoms with Crippen molar-refractivity contribution in [3.63, 3.8) is 0 Å². The van der Waals surface area contributed by atoms with Gasteiger partial charge in [-0.25, -0.2) is 4.79 Å². The van der Waals surface area contributed by atoms with Crippen LogP contribution in [0.1, 0.15) is 36.9 Å². The van der Waals surface area contributed by atoms with Gasteiger partial charge in [-0.1, -0.05) is 25.1 Å². The fourth-order valence-electron chi connectivity index (χ4n) is 4.50. The molecule has 0 saturated carbocycles. The van der Waals surface area contributed by atoms with E-state index in [0.29, 0.717) is 26.2 Å². The molecule has 1 aromatic heterocycles. The highest BCUT2D eigenvalue weighted by Gasteiger charge is 2.36. The molecule has 2 N–H and O–H groups in total. The number of carbonyl (C=O) groups excluding carboxylic acids is 2. The molecule has 0 unspecified atom stereocenters. The fourth-order valence-corrected chi connectivity index (χ4v) is 4.50. The number of hydrogen-bond donors (Lipinski definition) is 2. The Morgan fingerprint density at radius 2 is 1.87 bits per heavy atom. The molecule has 30 heavy (non-hydrogen) atoms. The normalized spacial score (nSPS) is 19.7. The maximum atomic E-state index is 12.6. The molecule has 1 aromatic carbocycles. The third-order valence-corrected chi connectivity index (χ3v) is 6.04. The van der Waals surface area contributed by atoms with Crippen molar-refractivity contribution < 1.29 is 9.59 Å². The molecule has 0 aliphatic carbocycles. The maximum absolute atomic E-state index is 12.6. The molecule has 7 heteroatoms. The summed E-state index contributed by atoms with van der Waals surface area (Å²) < 4.78 is 1.85. The van der Waals surface area contributed by atoms with Crippen molar-refractivity contribution in [1.82, 2.24) is 14.8 Å². The number of aromatic nitrogens is 1. The third-order valence-electron chi connectivity index (χ3n) is 6.04. The molecule has 2 aliphatic rings. The maximum Gasteiger partial charge on any atom is 0.317 e. The summed E-state index contributed by atoms with van der Waals surface area (Å²) in [5.41, 5.74) is 3.04. The molecule has 2 bridgehead atoms. The second kappa shape index (κ2) is 8.73. The predicted octanol–water partition coefficient (Wildman–Crippen LogP) is 2.57. The Morgan fingerprint density at radius 3 is 2.63 bits per heavy atom. The van der Waals surface area contributed by atoms with Crippen LogP contribution in [0.2, 0.25) is 0 Å². The van der Waals surface area contributed by atoms with E-state index in [-0.39, 0.29) is 35.8 Å². The monoisotopic (exact) mass is 408 g/mol. The van der Waals surface area contributed by atoms with Crippen molar-refractivity contribution in [2.75, 3.05) is 25.0 Å². The van der Waals surface area contributed by atoms with E-state index in [9.17, 15) is 14.4 Å². The number of pyridine rings is 1. The second-order valence-electron chi connectivity index (χ2n) is 8.18. The van der Waals surface area contributed by atoms with E-state index in [1.165, 1.54) is 5.56 Å². The molecule has 4 rings (SSSR count). The molecule has 2 atom stereocenters. The number of nitrogens with one attached hydrogen (secondary N) is 2. The first-order valence-electron chi connectivity index (χ1n) is 10.6. The van der Waals surface area contributed by atoms with Crippen molar-refractivity contribution in [2.24, 2.45) is 5.92 Å². The highest BCUT2D eigenvalue weighted by molar-refractivity contribution is 5.91. The van der Waals surface area contributed by atoms with Gasteiger partial charge >= 0.3 is 6.03 Å². The van der Waals surface area contributed by atoms with Gasteiger partial charge in [-0.15, -0.1) is 0 Å². The van der Waals surface area contributed by atoms with Gasteiger partial charge in [-0.3, -0.25) is 9.59 Å². The predicted molar refractivity (Wildman–Crippen MR) is 116 cm³/mol. The van der Waals surface area contributed by atoms with Crippen LogP contribution in [0.4, 0.5) is 10.5 Å². The fraction of sp³-hybridized carbons (Fsp3) is 0.435. The second-order valence-corrected chi connectivity index (χ2v) is 8.18. The van der Waals surface area contributed by atoms with Crippen LogP contribution < -0.4 is 16.2 Å².